The van der Waals surface area contributed by atoms with Crippen molar-refractivity contribution >= 4 is 5.91 Å². The number of carbonyl (C=O) groups is 1. The first-order chi connectivity index (χ1) is 10.1. The Morgan fingerprint density at radius 3 is 2.86 bits per heavy atom. The highest BCUT2D eigenvalue weighted by atomic mass is 16.2. The molecule has 0 radical (unpaired) electrons. The summed E-state index contributed by atoms with van der Waals surface area (Å²) < 4.78 is 0. The SMILES string of the molecule is Cc1ncc(C(=O)N2C3CCNCC2CC3)c(C(C)C)n1. The molecule has 0 spiro atoms. The van der Waals surface area contributed by atoms with Crippen LogP contribution < -0.4 is 5.32 Å². The van der Waals surface area contributed by atoms with Crippen molar-refractivity contribution in [2.24, 2.45) is 0 Å². The Labute approximate surface area is 126 Å². The zero-order chi connectivity index (χ0) is 15.0. The van der Waals surface area contributed by atoms with Crippen molar-refractivity contribution in [3.8, 4) is 0 Å². The zero-order valence-corrected chi connectivity index (χ0v) is 13.1. The van der Waals surface area contributed by atoms with Crippen LogP contribution in [0.25, 0.3) is 0 Å². The van der Waals surface area contributed by atoms with E-state index < -0.39 is 0 Å². The zero-order valence-electron chi connectivity index (χ0n) is 13.1. The van der Waals surface area contributed by atoms with Crippen molar-refractivity contribution in [2.45, 2.75) is 58.0 Å². The van der Waals surface area contributed by atoms with Crippen molar-refractivity contribution in [3.05, 3.63) is 23.3 Å². The van der Waals surface area contributed by atoms with Gasteiger partial charge in [0.1, 0.15) is 5.82 Å². The highest BCUT2D eigenvalue weighted by molar-refractivity contribution is 5.95. The standard InChI is InChI=1S/C16H24N4O/c1-10(2)15-14(9-18-11(3)19-15)16(21)20-12-4-5-13(20)8-17-7-6-12/h9-10,12-13,17H,4-8H2,1-3H3. The largest absolute Gasteiger partial charge is 0.331 e. The molecule has 0 aromatic carbocycles. The van der Waals surface area contributed by atoms with Gasteiger partial charge in [-0.2, -0.15) is 0 Å². The minimum atomic E-state index is 0.120. The van der Waals surface area contributed by atoms with Crippen LogP contribution in [0, 0.1) is 6.92 Å². The Hall–Kier alpha value is -1.49. The summed E-state index contributed by atoms with van der Waals surface area (Å²) in [5.41, 5.74) is 1.57. The molecule has 2 bridgehead atoms. The van der Waals surface area contributed by atoms with Gasteiger partial charge in [0, 0.05) is 24.8 Å². The topological polar surface area (TPSA) is 58.1 Å². The molecule has 0 aliphatic carbocycles. The molecule has 1 aromatic rings. The van der Waals surface area contributed by atoms with Gasteiger partial charge in [-0.05, 0) is 38.6 Å². The molecule has 3 rings (SSSR count). The molecule has 0 saturated carbocycles. The molecule has 5 heteroatoms. The Kier molecular flexibility index (Phi) is 3.93. The Morgan fingerprint density at radius 1 is 1.33 bits per heavy atom. The lowest BCUT2D eigenvalue weighted by atomic mass is 10.0. The fourth-order valence-electron chi connectivity index (χ4n) is 3.55. The van der Waals surface area contributed by atoms with E-state index in [4.69, 9.17) is 0 Å². The Balaban J connectivity index is 1.95. The van der Waals surface area contributed by atoms with E-state index in [-0.39, 0.29) is 11.8 Å². The maximum atomic E-state index is 13.1. The van der Waals surface area contributed by atoms with Gasteiger partial charge in [0.05, 0.1) is 11.3 Å². The number of aryl methyl sites for hydroxylation is 1. The Bertz CT molecular complexity index is 529. The highest BCUT2D eigenvalue weighted by Crippen LogP contribution is 2.30. The van der Waals surface area contributed by atoms with Crippen LogP contribution in [0.3, 0.4) is 0 Å². The lowest BCUT2D eigenvalue weighted by Gasteiger charge is -2.28. The number of rotatable bonds is 2. The van der Waals surface area contributed by atoms with E-state index >= 15 is 0 Å². The summed E-state index contributed by atoms with van der Waals surface area (Å²) in [4.78, 5) is 23.9. The molecule has 1 N–H and O–H groups in total. The molecular weight excluding hydrogens is 264 g/mol. The molecule has 2 unspecified atom stereocenters. The molecule has 2 aliphatic rings. The normalized spacial score (nSPS) is 25.2. The van der Waals surface area contributed by atoms with E-state index in [9.17, 15) is 4.79 Å². The fourth-order valence-corrected chi connectivity index (χ4v) is 3.55. The second-order valence-corrected chi connectivity index (χ2v) is 6.46. The number of carbonyl (C=O) groups excluding carboxylic acids is 1. The smallest absolute Gasteiger partial charge is 0.257 e. The predicted octanol–water partition coefficient (Wildman–Crippen LogP) is 1.87. The number of hydrogen-bond donors (Lipinski definition) is 1. The van der Waals surface area contributed by atoms with Gasteiger partial charge in [0.2, 0.25) is 0 Å². The summed E-state index contributed by atoms with van der Waals surface area (Å²) in [5, 5.41) is 3.44. The maximum Gasteiger partial charge on any atom is 0.257 e. The third kappa shape index (κ3) is 2.67. The average molecular weight is 288 g/mol. The number of nitrogens with zero attached hydrogens (tertiary/aromatic N) is 3. The third-order valence-electron chi connectivity index (χ3n) is 4.60. The van der Waals surface area contributed by atoms with Crippen molar-refractivity contribution in [1.82, 2.24) is 20.2 Å². The van der Waals surface area contributed by atoms with Crippen molar-refractivity contribution in [2.75, 3.05) is 13.1 Å². The first-order valence-electron chi connectivity index (χ1n) is 7.95. The first-order valence-corrected chi connectivity index (χ1v) is 7.95. The molecule has 2 saturated heterocycles. The van der Waals surface area contributed by atoms with E-state index in [1.54, 1.807) is 6.20 Å². The second kappa shape index (κ2) is 5.72. The maximum absolute atomic E-state index is 13.1. The lowest BCUT2D eigenvalue weighted by molar-refractivity contribution is 0.0677. The number of aromatic nitrogens is 2. The van der Waals surface area contributed by atoms with E-state index in [0.29, 0.717) is 17.6 Å². The van der Waals surface area contributed by atoms with Crippen molar-refractivity contribution in [1.29, 1.82) is 0 Å². The number of amides is 1. The minimum Gasteiger partial charge on any atom is -0.331 e. The molecule has 2 atom stereocenters. The molecule has 3 heterocycles. The summed E-state index contributed by atoms with van der Waals surface area (Å²) in [7, 11) is 0. The van der Waals surface area contributed by atoms with Gasteiger partial charge in [0.25, 0.3) is 5.91 Å². The van der Waals surface area contributed by atoms with Crippen LogP contribution >= 0.6 is 0 Å². The summed E-state index contributed by atoms with van der Waals surface area (Å²) in [6.45, 7) is 7.95. The highest BCUT2D eigenvalue weighted by Gasteiger charge is 2.39. The van der Waals surface area contributed by atoms with Gasteiger partial charge in [-0.1, -0.05) is 13.8 Å². The molecule has 2 aliphatic heterocycles. The molecule has 1 aromatic heterocycles. The van der Waals surface area contributed by atoms with Gasteiger partial charge in [-0.3, -0.25) is 4.79 Å². The van der Waals surface area contributed by atoms with Gasteiger partial charge in [-0.15, -0.1) is 0 Å². The summed E-state index contributed by atoms with van der Waals surface area (Å²) in [6, 6.07) is 0.699. The van der Waals surface area contributed by atoms with E-state index in [1.807, 2.05) is 6.92 Å². The predicted molar refractivity (Wildman–Crippen MR) is 81.3 cm³/mol. The molecule has 5 nitrogen and oxygen atoms in total. The number of hydrogen-bond acceptors (Lipinski definition) is 4. The summed E-state index contributed by atoms with van der Waals surface area (Å²) in [5.74, 6) is 1.08. The van der Waals surface area contributed by atoms with Gasteiger partial charge >= 0.3 is 0 Å². The van der Waals surface area contributed by atoms with Crippen LogP contribution in [-0.4, -0.2) is 45.9 Å². The van der Waals surface area contributed by atoms with Crippen molar-refractivity contribution < 1.29 is 4.79 Å². The molecular formula is C16H24N4O. The van der Waals surface area contributed by atoms with Gasteiger partial charge < -0.3 is 10.2 Å². The molecule has 2 fully saturated rings. The van der Waals surface area contributed by atoms with Crippen LogP contribution in [0.4, 0.5) is 0 Å². The van der Waals surface area contributed by atoms with Crippen molar-refractivity contribution in [3.63, 3.8) is 0 Å². The fraction of sp³-hybridized carbons (Fsp3) is 0.688. The number of fused-ring (bicyclic) bond motifs is 2. The quantitative estimate of drug-likeness (QED) is 0.902. The second-order valence-electron chi connectivity index (χ2n) is 6.46. The van der Waals surface area contributed by atoms with Crippen LogP contribution in [-0.2, 0) is 0 Å². The first kappa shape index (κ1) is 14.4. The van der Waals surface area contributed by atoms with Crippen LogP contribution in [0.15, 0.2) is 6.20 Å². The van der Waals surface area contributed by atoms with E-state index in [1.165, 1.54) is 0 Å². The van der Waals surface area contributed by atoms with E-state index in [2.05, 4.69) is 34.0 Å². The monoisotopic (exact) mass is 288 g/mol. The number of nitrogens with one attached hydrogen (secondary N) is 1. The average Bonchev–Trinajstić information content (AvgIpc) is 2.71. The van der Waals surface area contributed by atoms with E-state index in [0.717, 1.165) is 43.9 Å². The summed E-state index contributed by atoms with van der Waals surface area (Å²) >= 11 is 0. The lowest BCUT2D eigenvalue weighted by Crippen LogP contribution is -2.43. The van der Waals surface area contributed by atoms with Crippen LogP contribution in [0.1, 0.15) is 60.9 Å². The Morgan fingerprint density at radius 2 is 2.10 bits per heavy atom. The minimum absolute atomic E-state index is 0.120. The van der Waals surface area contributed by atoms with Gasteiger partial charge in [-0.25, -0.2) is 9.97 Å². The third-order valence-corrected chi connectivity index (χ3v) is 4.60. The molecule has 1 amide bonds. The summed E-state index contributed by atoms with van der Waals surface area (Å²) in [6.07, 6.45) is 5.00. The molecule has 114 valence electrons. The van der Waals surface area contributed by atoms with Crippen LogP contribution in [0.5, 0.6) is 0 Å². The van der Waals surface area contributed by atoms with Crippen LogP contribution in [0.2, 0.25) is 0 Å². The van der Waals surface area contributed by atoms with Gasteiger partial charge in [0.15, 0.2) is 0 Å². The molecule has 21 heavy (non-hydrogen) atoms.